The summed E-state index contributed by atoms with van der Waals surface area (Å²) in [5, 5.41) is 2.67. The van der Waals surface area contributed by atoms with E-state index >= 15 is 0 Å². The maximum atomic E-state index is 12.7. The van der Waals surface area contributed by atoms with Crippen LogP contribution < -0.4 is 10.2 Å². The first kappa shape index (κ1) is 18.9. The molecular formula is C19H18F3N3O2. The van der Waals surface area contributed by atoms with Crippen LogP contribution in [0.1, 0.15) is 40.2 Å². The molecule has 0 bridgehead atoms. The summed E-state index contributed by atoms with van der Waals surface area (Å²) in [7, 11) is 0. The van der Waals surface area contributed by atoms with Crippen molar-refractivity contribution in [3.05, 3.63) is 58.9 Å². The van der Waals surface area contributed by atoms with Gasteiger partial charge in [-0.05, 0) is 43.2 Å². The molecule has 1 aliphatic heterocycles. The van der Waals surface area contributed by atoms with E-state index in [1.165, 1.54) is 6.92 Å². The molecule has 142 valence electrons. The van der Waals surface area contributed by atoms with Gasteiger partial charge in [0.05, 0.1) is 11.3 Å². The molecule has 2 amide bonds. The zero-order chi connectivity index (χ0) is 19.6. The molecule has 0 radical (unpaired) electrons. The van der Waals surface area contributed by atoms with E-state index in [-0.39, 0.29) is 23.7 Å². The van der Waals surface area contributed by atoms with E-state index in [1.807, 2.05) is 12.1 Å². The first-order valence-electron chi connectivity index (χ1n) is 8.48. The molecule has 1 aromatic heterocycles. The van der Waals surface area contributed by atoms with Crippen LogP contribution in [0.4, 0.5) is 18.9 Å². The minimum absolute atomic E-state index is 0.0187. The lowest BCUT2D eigenvalue weighted by molar-refractivity contribution is -0.141. The van der Waals surface area contributed by atoms with Crippen molar-refractivity contribution < 1.29 is 22.8 Å². The summed E-state index contributed by atoms with van der Waals surface area (Å²) >= 11 is 0. The predicted molar refractivity (Wildman–Crippen MR) is 93.2 cm³/mol. The molecule has 0 atom stereocenters. The molecule has 1 fully saturated rings. The number of aryl methyl sites for hydroxylation is 1. The minimum atomic E-state index is -4.54. The second-order valence-corrected chi connectivity index (χ2v) is 6.33. The van der Waals surface area contributed by atoms with Crippen molar-refractivity contribution in [1.29, 1.82) is 0 Å². The van der Waals surface area contributed by atoms with E-state index in [0.29, 0.717) is 13.0 Å². The van der Waals surface area contributed by atoms with Gasteiger partial charge in [-0.3, -0.25) is 9.59 Å². The van der Waals surface area contributed by atoms with E-state index in [1.54, 1.807) is 17.0 Å². The van der Waals surface area contributed by atoms with E-state index in [2.05, 4.69) is 10.3 Å². The zero-order valence-corrected chi connectivity index (χ0v) is 14.6. The van der Waals surface area contributed by atoms with Gasteiger partial charge < -0.3 is 10.2 Å². The first-order chi connectivity index (χ1) is 12.8. The number of nitrogens with zero attached hydrogens (tertiary/aromatic N) is 2. The highest BCUT2D eigenvalue weighted by Gasteiger charge is 2.33. The lowest BCUT2D eigenvalue weighted by atomic mass is 10.1. The van der Waals surface area contributed by atoms with Gasteiger partial charge in [0.2, 0.25) is 5.91 Å². The van der Waals surface area contributed by atoms with Crippen molar-refractivity contribution in [2.24, 2.45) is 0 Å². The Balaban J connectivity index is 1.63. The summed E-state index contributed by atoms with van der Waals surface area (Å²) in [5.74, 6) is -0.395. The zero-order valence-electron chi connectivity index (χ0n) is 14.6. The van der Waals surface area contributed by atoms with Crippen molar-refractivity contribution >= 4 is 17.5 Å². The average Bonchev–Trinajstić information content (AvgIpc) is 3.05. The number of anilines is 1. The second-order valence-electron chi connectivity index (χ2n) is 6.33. The van der Waals surface area contributed by atoms with Gasteiger partial charge in [-0.15, -0.1) is 0 Å². The summed E-state index contributed by atoms with van der Waals surface area (Å²) in [6.07, 6.45) is -3.15. The fraction of sp³-hybridized carbons (Fsp3) is 0.316. The Hall–Kier alpha value is -2.90. The van der Waals surface area contributed by atoms with Crippen LogP contribution in [0.3, 0.4) is 0 Å². The summed E-state index contributed by atoms with van der Waals surface area (Å²) in [6, 6.07) is 9.16. The number of hydrogen-bond donors (Lipinski definition) is 1. The molecule has 0 aliphatic carbocycles. The van der Waals surface area contributed by atoms with Gasteiger partial charge in [0.15, 0.2) is 0 Å². The number of carbonyl (C=O) groups excluding carboxylic acids is 2. The van der Waals surface area contributed by atoms with Gasteiger partial charge in [-0.1, -0.05) is 12.1 Å². The molecular weight excluding hydrogens is 359 g/mol. The number of nitrogens with one attached hydrogen (secondary N) is 1. The number of alkyl halides is 3. The summed E-state index contributed by atoms with van der Waals surface area (Å²) in [4.78, 5) is 29.2. The standard InChI is InChI=1S/C19H18F3N3O2/c1-12-15(8-9-16(24-12)19(20,21)22)18(27)23-11-13-4-6-14(7-5-13)25-10-2-3-17(25)26/h4-9H,2-3,10-11H2,1H3,(H,23,27). The topological polar surface area (TPSA) is 62.3 Å². The predicted octanol–water partition coefficient (Wildman–Crippen LogP) is 3.47. The molecule has 0 spiro atoms. The molecule has 1 N–H and O–H groups in total. The third-order valence-corrected chi connectivity index (χ3v) is 4.40. The molecule has 1 aliphatic rings. The smallest absolute Gasteiger partial charge is 0.348 e. The summed E-state index contributed by atoms with van der Waals surface area (Å²) < 4.78 is 38.0. The highest BCUT2D eigenvalue weighted by molar-refractivity contribution is 5.96. The summed E-state index contributed by atoms with van der Waals surface area (Å²) in [6.45, 7) is 2.29. The number of hydrogen-bond acceptors (Lipinski definition) is 3. The van der Waals surface area contributed by atoms with Crippen molar-refractivity contribution in [3.63, 3.8) is 0 Å². The number of benzene rings is 1. The Labute approximate surface area is 154 Å². The van der Waals surface area contributed by atoms with Crippen LogP contribution in [-0.4, -0.2) is 23.3 Å². The Morgan fingerprint density at radius 1 is 1.19 bits per heavy atom. The number of halogens is 3. The number of carbonyl (C=O) groups is 2. The molecule has 3 rings (SSSR count). The number of aromatic nitrogens is 1. The Bertz CT molecular complexity index is 863. The Morgan fingerprint density at radius 3 is 2.44 bits per heavy atom. The van der Waals surface area contributed by atoms with Gasteiger partial charge in [0, 0.05) is 25.2 Å². The van der Waals surface area contributed by atoms with Crippen molar-refractivity contribution in [2.45, 2.75) is 32.5 Å². The van der Waals surface area contributed by atoms with Gasteiger partial charge in [-0.2, -0.15) is 13.2 Å². The van der Waals surface area contributed by atoms with Crippen LogP contribution in [0.5, 0.6) is 0 Å². The summed E-state index contributed by atoms with van der Waals surface area (Å²) in [5.41, 5.74) is 0.725. The highest BCUT2D eigenvalue weighted by Crippen LogP contribution is 2.28. The molecule has 8 heteroatoms. The van der Waals surface area contributed by atoms with Crippen molar-refractivity contribution in [3.8, 4) is 0 Å². The van der Waals surface area contributed by atoms with Crippen molar-refractivity contribution in [2.75, 3.05) is 11.4 Å². The molecule has 2 heterocycles. The molecule has 1 saturated heterocycles. The lowest BCUT2D eigenvalue weighted by Crippen LogP contribution is -2.25. The van der Waals surface area contributed by atoms with Gasteiger partial charge in [0.25, 0.3) is 5.91 Å². The third-order valence-electron chi connectivity index (χ3n) is 4.40. The lowest BCUT2D eigenvalue weighted by Gasteiger charge is -2.16. The number of pyridine rings is 1. The van der Waals surface area contributed by atoms with Crippen molar-refractivity contribution in [1.82, 2.24) is 10.3 Å². The normalized spacial score (nSPS) is 14.5. The van der Waals surface area contributed by atoms with Crippen LogP contribution in [0.15, 0.2) is 36.4 Å². The quantitative estimate of drug-likeness (QED) is 0.888. The monoisotopic (exact) mass is 377 g/mol. The molecule has 5 nitrogen and oxygen atoms in total. The van der Waals surface area contributed by atoms with Gasteiger partial charge in [-0.25, -0.2) is 4.98 Å². The third kappa shape index (κ3) is 4.27. The maximum Gasteiger partial charge on any atom is 0.433 e. The SMILES string of the molecule is Cc1nc(C(F)(F)F)ccc1C(=O)NCc1ccc(N2CCCC2=O)cc1. The fourth-order valence-corrected chi connectivity index (χ4v) is 2.95. The van der Waals surface area contributed by atoms with Crippen LogP contribution in [0.2, 0.25) is 0 Å². The van der Waals surface area contributed by atoms with Crippen LogP contribution >= 0.6 is 0 Å². The molecule has 0 saturated carbocycles. The van der Waals surface area contributed by atoms with Crippen LogP contribution in [0, 0.1) is 6.92 Å². The molecule has 1 aromatic carbocycles. The highest BCUT2D eigenvalue weighted by atomic mass is 19.4. The fourth-order valence-electron chi connectivity index (χ4n) is 2.95. The van der Waals surface area contributed by atoms with E-state index in [4.69, 9.17) is 0 Å². The minimum Gasteiger partial charge on any atom is -0.348 e. The van der Waals surface area contributed by atoms with Crippen LogP contribution in [0.25, 0.3) is 0 Å². The largest absolute Gasteiger partial charge is 0.433 e. The number of amides is 2. The number of rotatable bonds is 4. The maximum absolute atomic E-state index is 12.7. The van der Waals surface area contributed by atoms with E-state index in [9.17, 15) is 22.8 Å². The van der Waals surface area contributed by atoms with E-state index < -0.39 is 17.8 Å². The molecule has 27 heavy (non-hydrogen) atoms. The van der Waals surface area contributed by atoms with Crippen LogP contribution in [-0.2, 0) is 17.5 Å². The van der Waals surface area contributed by atoms with Gasteiger partial charge >= 0.3 is 6.18 Å². The average molecular weight is 377 g/mol. The first-order valence-corrected chi connectivity index (χ1v) is 8.48. The molecule has 0 unspecified atom stereocenters. The van der Waals surface area contributed by atoms with E-state index in [0.717, 1.165) is 29.8 Å². The second kappa shape index (κ2) is 7.38. The Morgan fingerprint density at radius 2 is 1.89 bits per heavy atom. The van der Waals surface area contributed by atoms with Gasteiger partial charge in [0.1, 0.15) is 5.69 Å². The Kier molecular flexibility index (Phi) is 5.16. The molecule has 2 aromatic rings.